The van der Waals surface area contributed by atoms with Gasteiger partial charge in [-0.2, -0.15) is 0 Å². The summed E-state index contributed by atoms with van der Waals surface area (Å²) in [4.78, 5) is 27.4. The molecule has 5 nitrogen and oxygen atoms in total. The van der Waals surface area contributed by atoms with Crippen molar-refractivity contribution in [2.24, 2.45) is 0 Å². The maximum Gasteiger partial charge on any atom is 0.261 e. The van der Waals surface area contributed by atoms with E-state index >= 15 is 0 Å². The minimum atomic E-state index is -0.670. The summed E-state index contributed by atoms with van der Waals surface area (Å²) in [5.74, 6) is 0.0391. The molecule has 2 amide bonds. The van der Waals surface area contributed by atoms with Crippen molar-refractivity contribution < 1.29 is 14.3 Å². The number of nitrogens with one attached hydrogen (secondary N) is 1. The Bertz CT molecular complexity index is 915. The van der Waals surface area contributed by atoms with E-state index in [9.17, 15) is 9.59 Å². The summed E-state index contributed by atoms with van der Waals surface area (Å²) in [5, 5.41) is 4.47. The van der Waals surface area contributed by atoms with E-state index in [1.54, 1.807) is 49.4 Å². The van der Waals surface area contributed by atoms with Crippen LogP contribution in [0.3, 0.4) is 0 Å². The topological polar surface area (TPSA) is 58.6 Å². The van der Waals surface area contributed by atoms with Crippen LogP contribution in [-0.4, -0.2) is 35.4 Å². The normalized spacial score (nSPS) is 14.8. The molecule has 3 rings (SSSR count). The van der Waals surface area contributed by atoms with Gasteiger partial charge in [0.25, 0.3) is 5.91 Å². The Balaban J connectivity index is 1.72. The fourth-order valence-electron chi connectivity index (χ4n) is 3.57. The Kier molecular flexibility index (Phi) is 8.47. The summed E-state index contributed by atoms with van der Waals surface area (Å²) in [6.45, 7) is 1.73. The number of halogens is 3. The first kappa shape index (κ1) is 23.7. The molecule has 0 radical (unpaired) electrons. The SMILES string of the molecule is C[C@@H](C(=O)NC1CCCC1)N(Cc1ccc(Cl)c(Cl)c1)C(=O)COc1ccc(Cl)cc1. The Hall–Kier alpha value is -1.95. The van der Waals surface area contributed by atoms with Crippen LogP contribution in [-0.2, 0) is 16.1 Å². The maximum atomic E-state index is 13.1. The van der Waals surface area contributed by atoms with E-state index in [1.165, 1.54) is 4.90 Å². The monoisotopic (exact) mass is 482 g/mol. The molecule has 8 heteroatoms. The van der Waals surface area contributed by atoms with E-state index in [4.69, 9.17) is 39.5 Å². The van der Waals surface area contributed by atoms with E-state index in [1.807, 2.05) is 0 Å². The van der Waals surface area contributed by atoms with Gasteiger partial charge in [0.05, 0.1) is 10.0 Å². The number of hydrogen-bond acceptors (Lipinski definition) is 3. The van der Waals surface area contributed by atoms with Crippen LogP contribution in [0.4, 0.5) is 0 Å². The highest BCUT2D eigenvalue weighted by atomic mass is 35.5. The lowest BCUT2D eigenvalue weighted by molar-refractivity contribution is -0.142. The van der Waals surface area contributed by atoms with E-state index in [2.05, 4.69) is 5.32 Å². The molecule has 0 aliphatic heterocycles. The first-order valence-corrected chi connectivity index (χ1v) is 11.4. The van der Waals surface area contributed by atoms with Gasteiger partial charge < -0.3 is 15.0 Å². The number of benzene rings is 2. The third-order valence-corrected chi connectivity index (χ3v) is 6.37. The maximum absolute atomic E-state index is 13.1. The molecule has 1 fully saturated rings. The summed E-state index contributed by atoms with van der Waals surface area (Å²) in [6.07, 6.45) is 4.16. The van der Waals surface area contributed by atoms with Crippen molar-refractivity contribution in [3.8, 4) is 5.75 Å². The van der Waals surface area contributed by atoms with Gasteiger partial charge in [0, 0.05) is 17.6 Å². The Morgan fingerprint density at radius 2 is 1.74 bits per heavy atom. The second-order valence-electron chi connectivity index (χ2n) is 7.68. The first-order valence-electron chi connectivity index (χ1n) is 10.3. The van der Waals surface area contributed by atoms with Crippen LogP contribution >= 0.6 is 34.8 Å². The third kappa shape index (κ3) is 6.76. The van der Waals surface area contributed by atoms with Crippen molar-refractivity contribution >= 4 is 46.6 Å². The molecule has 1 aliphatic rings. The number of carbonyl (C=O) groups is 2. The largest absolute Gasteiger partial charge is 0.484 e. The Morgan fingerprint density at radius 1 is 1.06 bits per heavy atom. The predicted octanol–water partition coefficient (Wildman–Crippen LogP) is 5.50. The van der Waals surface area contributed by atoms with Gasteiger partial charge in [-0.1, -0.05) is 53.7 Å². The van der Waals surface area contributed by atoms with Crippen LogP contribution in [0.15, 0.2) is 42.5 Å². The molecular weight excluding hydrogens is 459 g/mol. The van der Waals surface area contributed by atoms with Gasteiger partial charge >= 0.3 is 0 Å². The van der Waals surface area contributed by atoms with E-state index in [0.29, 0.717) is 20.8 Å². The van der Waals surface area contributed by atoms with Gasteiger partial charge in [-0.05, 0) is 61.7 Å². The van der Waals surface area contributed by atoms with Crippen LogP contribution in [0.2, 0.25) is 15.1 Å². The number of carbonyl (C=O) groups excluding carboxylic acids is 2. The van der Waals surface area contributed by atoms with Crippen LogP contribution in [0.5, 0.6) is 5.75 Å². The van der Waals surface area contributed by atoms with E-state index in [0.717, 1.165) is 31.2 Å². The number of nitrogens with zero attached hydrogens (tertiary/aromatic N) is 1. The highest BCUT2D eigenvalue weighted by molar-refractivity contribution is 6.42. The van der Waals surface area contributed by atoms with Crippen LogP contribution in [0.25, 0.3) is 0 Å². The molecule has 2 aromatic rings. The van der Waals surface area contributed by atoms with Crippen LogP contribution in [0, 0.1) is 0 Å². The lowest BCUT2D eigenvalue weighted by Crippen LogP contribution is -2.50. The molecule has 0 saturated heterocycles. The number of rotatable bonds is 8. The second-order valence-corrected chi connectivity index (χ2v) is 8.93. The van der Waals surface area contributed by atoms with Gasteiger partial charge in [0.15, 0.2) is 6.61 Å². The van der Waals surface area contributed by atoms with Crippen molar-refractivity contribution in [3.63, 3.8) is 0 Å². The van der Waals surface area contributed by atoms with Gasteiger partial charge in [0.1, 0.15) is 11.8 Å². The number of hydrogen-bond donors (Lipinski definition) is 1. The highest BCUT2D eigenvalue weighted by Crippen LogP contribution is 2.24. The molecule has 0 bridgehead atoms. The second kappa shape index (κ2) is 11.1. The molecule has 31 heavy (non-hydrogen) atoms. The molecular formula is C23H25Cl3N2O3. The first-order chi connectivity index (χ1) is 14.8. The highest BCUT2D eigenvalue weighted by Gasteiger charge is 2.28. The standard InChI is InChI=1S/C23H25Cl3N2O3/c1-15(23(30)27-18-4-2-3-5-18)28(13-16-6-11-20(25)21(26)12-16)22(29)14-31-19-9-7-17(24)8-10-19/h6-12,15,18H,2-5,13-14H2,1H3,(H,27,30)/t15-/m0/s1. The van der Waals surface area contributed by atoms with Crippen molar-refractivity contribution in [1.29, 1.82) is 0 Å². The lowest BCUT2D eigenvalue weighted by Gasteiger charge is -2.29. The smallest absolute Gasteiger partial charge is 0.261 e. The number of ether oxygens (including phenoxy) is 1. The fourth-order valence-corrected chi connectivity index (χ4v) is 4.01. The number of amides is 2. The molecule has 0 unspecified atom stereocenters. The molecule has 1 aliphatic carbocycles. The minimum absolute atomic E-state index is 0.169. The summed E-state index contributed by atoms with van der Waals surface area (Å²) < 4.78 is 5.62. The lowest BCUT2D eigenvalue weighted by atomic mass is 10.1. The summed E-state index contributed by atoms with van der Waals surface area (Å²) >= 11 is 18.0. The third-order valence-electron chi connectivity index (χ3n) is 5.38. The van der Waals surface area contributed by atoms with E-state index in [-0.39, 0.29) is 31.0 Å². The van der Waals surface area contributed by atoms with Gasteiger partial charge in [0.2, 0.25) is 5.91 Å². The van der Waals surface area contributed by atoms with Crippen molar-refractivity contribution in [2.75, 3.05) is 6.61 Å². The van der Waals surface area contributed by atoms with Crippen molar-refractivity contribution in [3.05, 3.63) is 63.1 Å². The molecule has 0 heterocycles. The molecule has 2 aromatic carbocycles. The van der Waals surface area contributed by atoms with Gasteiger partial charge in [-0.3, -0.25) is 9.59 Å². The Morgan fingerprint density at radius 3 is 2.39 bits per heavy atom. The summed E-state index contributed by atoms with van der Waals surface area (Å²) in [7, 11) is 0. The fraction of sp³-hybridized carbons (Fsp3) is 0.391. The minimum Gasteiger partial charge on any atom is -0.484 e. The van der Waals surface area contributed by atoms with E-state index < -0.39 is 6.04 Å². The zero-order valence-electron chi connectivity index (χ0n) is 17.2. The molecule has 0 aromatic heterocycles. The zero-order valence-corrected chi connectivity index (χ0v) is 19.5. The molecule has 0 spiro atoms. The average molecular weight is 484 g/mol. The average Bonchev–Trinajstić information content (AvgIpc) is 3.26. The molecule has 1 saturated carbocycles. The van der Waals surface area contributed by atoms with Gasteiger partial charge in [-0.25, -0.2) is 0 Å². The summed E-state index contributed by atoms with van der Waals surface area (Å²) in [6, 6.07) is 11.4. The molecule has 1 N–H and O–H groups in total. The molecule has 1 atom stereocenters. The van der Waals surface area contributed by atoms with Crippen LogP contribution in [0.1, 0.15) is 38.2 Å². The molecule has 166 valence electrons. The quantitative estimate of drug-likeness (QED) is 0.539. The summed E-state index contributed by atoms with van der Waals surface area (Å²) in [5.41, 5.74) is 0.773. The van der Waals surface area contributed by atoms with Crippen LogP contribution < -0.4 is 10.1 Å². The predicted molar refractivity (Wildman–Crippen MR) is 124 cm³/mol. The van der Waals surface area contributed by atoms with Crippen molar-refractivity contribution in [2.45, 2.75) is 51.2 Å². The van der Waals surface area contributed by atoms with Gasteiger partial charge in [-0.15, -0.1) is 0 Å². The Labute approximate surface area is 197 Å². The zero-order chi connectivity index (χ0) is 22.4. The van der Waals surface area contributed by atoms with Crippen molar-refractivity contribution in [1.82, 2.24) is 10.2 Å².